The van der Waals surface area contributed by atoms with Crippen LogP contribution in [0.15, 0.2) is 48.7 Å². The Morgan fingerprint density at radius 3 is 2.61 bits per heavy atom. The lowest BCUT2D eigenvalue weighted by molar-refractivity contribution is -0.127. The molecule has 148 valence electrons. The van der Waals surface area contributed by atoms with E-state index in [1.54, 1.807) is 0 Å². The van der Waals surface area contributed by atoms with Crippen molar-refractivity contribution >= 4 is 5.91 Å². The van der Waals surface area contributed by atoms with Crippen LogP contribution in [0.1, 0.15) is 28.9 Å². The van der Waals surface area contributed by atoms with E-state index in [9.17, 15) is 9.18 Å². The van der Waals surface area contributed by atoms with Crippen LogP contribution in [0.25, 0.3) is 0 Å². The molecule has 1 amide bonds. The fraction of sp³-hybridized carbons (Fsp3) is 0.455. The van der Waals surface area contributed by atoms with Crippen molar-refractivity contribution in [2.45, 2.75) is 24.9 Å². The molecule has 0 unspecified atom stereocenters. The van der Waals surface area contributed by atoms with Crippen LogP contribution < -0.4 is 0 Å². The van der Waals surface area contributed by atoms with Gasteiger partial charge in [0.25, 0.3) is 5.91 Å². The molecule has 4 rings (SSSR count). The first-order valence-electron chi connectivity index (χ1n) is 9.95. The molecule has 0 saturated carbocycles. The zero-order valence-electron chi connectivity index (χ0n) is 16.0. The van der Waals surface area contributed by atoms with Crippen molar-refractivity contribution in [3.63, 3.8) is 0 Å². The molecular formula is C22H26FN3O2. The number of hydrogen-bond acceptors (Lipinski definition) is 4. The molecule has 0 radical (unpaired) electrons. The molecule has 1 aromatic heterocycles. The van der Waals surface area contributed by atoms with Crippen molar-refractivity contribution in [1.82, 2.24) is 14.8 Å². The Morgan fingerprint density at radius 2 is 1.89 bits per heavy atom. The molecule has 1 spiro atoms. The van der Waals surface area contributed by atoms with Gasteiger partial charge in [-0.1, -0.05) is 30.3 Å². The van der Waals surface area contributed by atoms with Gasteiger partial charge in [-0.2, -0.15) is 0 Å². The Balaban J connectivity index is 1.32. The fourth-order valence-electron chi connectivity index (χ4n) is 4.10. The molecule has 0 bridgehead atoms. The van der Waals surface area contributed by atoms with E-state index in [0.29, 0.717) is 25.4 Å². The molecule has 2 aliphatic rings. The van der Waals surface area contributed by atoms with E-state index >= 15 is 0 Å². The van der Waals surface area contributed by atoms with Crippen LogP contribution in [0, 0.1) is 5.82 Å². The number of aromatic nitrogens is 1. The number of likely N-dealkylation sites (tertiary alicyclic amines) is 1. The lowest BCUT2D eigenvalue weighted by atomic mass is 9.89. The van der Waals surface area contributed by atoms with Crippen molar-refractivity contribution < 1.29 is 13.9 Å². The number of amides is 1. The SMILES string of the molecule is O=C(c1ccc(F)cn1)N1CCOC2(CCN(CCc3ccccc3)CC2)C1. The van der Waals surface area contributed by atoms with Gasteiger partial charge in [-0.25, -0.2) is 9.37 Å². The first-order valence-corrected chi connectivity index (χ1v) is 9.95. The lowest BCUT2D eigenvalue weighted by Gasteiger charge is -2.47. The maximum absolute atomic E-state index is 13.1. The Bertz CT molecular complexity index is 789. The van der Waals surface area contributed by atoms with Gasteiger partial charge in [-0.3, -0.25) is 4.79 Å². The maximum atomic E-state index is 13.1. The fourth-order valence-corrected chi connectivity index (χ4v) is 4.10. The molecular weight excluding hydrogens is 357 g/mol. The largest absolute Gasteiger partial charge is 0.371 e. The number of piperidine rings is 1. The molecule has 2 aliphatic heterocycles. The highest BCUT2D eigenvalue weighted by Gasteiger charge is 2.41. The lowest BCUT2D eigenvalue weighted by Crippen LogP contribution is -2.58. The monoisotopic (exact) mass is 383 g/mol. The Morgan fingerprint density at radius 1 is 1.11 bits per heavy atom. The Kier molecular flexibility index (Phi) is 5.69. The third kappa shape index (κ3) is 4.39. The number of ether oxygens (including phenoxy) is 1. The van der Waals surface area contributed by atoms with Crippen molar-refractivity contribution in [2.24, 2.45) is 0 Å². The molecule has 28 heavy (non-hydrogen) atoms. The number of rotatable bonds is 4. The van der Waals surface area contributed by atoms with Crippen LogP contribution in [-0.4, -0.2) is 65.6 Å². The van der Waals surface area contributed by atoms with Crippen LogP contribution in [0.5, 0.6) is 0 Å². The molecule has 0 atom stereocenters. The summed E-state index contributed by atoms with van der Waals surface area (Å²) in [7, 11) is 0. The number of morpholine rings is 1. The van der Waals surface area contributed by atoms with Crippen molar-refractivity contribution in [3.8, 4) is 0 Å². The van der Waals surface area contributed by atoms with Gasteiger partial charge in [0.2, 0.25) is 0 Å². The van der Waals surface area contributed by atoms with E-state index in [4.69, 9.17) is 4.74 Å². The summed E-state index contributed by atoms with van der Waals surface area (Å²) < 4.78 is 19.2. The summed E-state index contributed by atoms with van der Waals surface area (Å²) in [4.78, 5) is 21.0. The summed E-state index contributed by atoms with van der Waals surface area (Å²) in [5.74, 6) is -0.577. The number of benzene rings is 1. The van der Waals surface area contributed by atoms with Gasteiger partial charge in [0.05, 0.1) is 24.9 Å². The highest BCUT2D eigenvalue weighted by Crippen LogP contribution is 2.30. The minimum atomic E-state index is -0.433. The highest BCUT2D eigenvalue weighted by molar-refractivity contribution is 5.92. The zero-order chi connectivity index (χ0) is 19.4. The molecule has 1 aromatic carbocycles. The number of nitrogens with zero attached hydrogens (tertiary/aromatic N) is 3. The summed E-state index contributed by atoms with van der Waals surface area (Å²) in [5, 5.41) is 0. The third-order valence-corrected chi connectivity index (χ3v) is 5.81. The number of halogens is 1. The number of carbonyl (C=O) groups excluding carboxylic acids is 1. The topological polar surface area (TPSA) is 45.7 Å². The van der Waals surface area contributed by atoms with Crippen LogP contribution in [0.4, 0.5) is 4.39 Å². The molecule has 2 fully saturated rings. The molecule has 2 saturated heterocycles. The van der Waals surface area contributed by atoms with Gasteiger partial charge in [-0.15, -0.1) is 0 Å². The first-order chi connectivity index (χ1) is 13.6. The second kappa shape index (κ2) is 8.37. The van der Waals surface area contributed by atoms with Crippen molar-refractivity contribution in [2.75, 3.05) is 39.3 Å². The highest BCUT2D eigenvalue weighted by atomic mass is 19.1. The second-order valence-electron chi connectivity index (χ2n) is 7.70. The standard InChI is InChI=1S/C22H26FN3O2/c23-19-6-7-20(24-16-19)21(27)26-14-15-28-22(17-26)9-12-25(13-10-22)11-8-18-4-2-1-3-5-18/h1-7,16H,8-15,17H2. The summed E-state index contributed by atoms with van der Waals surface area (Å²) in [6.07, 6.45) is 3.98. The summed E-state index contributed by atoms with van der Waals surface area (Å²) in [5.41, 5.74) is 1.39. The maximum Gasteiger partial charge on any atom is 0.272 e. The summed E-state index contributed by atoms with van der Waals surface area (Å²) in [6, 6.07) is 13.3. The van der Waals surface area contributed by atoms with Crippen molar-refractivity contribution in [1.29, 1.82) is 0 Å². The second-order valence-corrected chi connectivity index (χ2v) is 7.70. The van der Waals surface area contributed by atoms with E-state index in [0.717, 1.165) is 45.1 Å². The minimum Gasteiger partial charge on any atom is -0.371 e. The van der Waals surface area contributed by atoms with Gasteiger partial charge in [0.1, 0.15) is 11.5 Å². The summed E-state index contributed by atoms with van der Waals surface area (Å²) >= 11 is 0. The van der Waals surface area contributed by atoms with Gasteiger partial charge in [0, 0.05) is 26.2 Å². The smallest absolute Gasteiger partial charge is 0.272 e. The zero-order valence-corrected chi connectivity index (χ0v) is 16.0. The minimum absolute atomic E-state index is 0.144. The Hall–Kier alpha value is -2.31. The van der Waals surface area contributed by atoms with Gasteiger partial charge in [0.15, 0.2) is 0 Å². The number of carbonyl (C=O) groups is 1. The molecule has 0 aliphatic carbocycles. The molecule has 0 N–H and O–H groups in total. The van der Waals surface area contributed by atoms with Gasteiger partial charge in [-0.05, 0) is 37.0 Å². The van der Waals surface area contributed by atoms with Crippen LogP contribution in [0.2, 0.25) is 0 Å². The van der Waals surface area contributed by atoms with E-state index < -0.39 is 5.82 Å². The average molecular weight is 383 g/mol. The molecule has 3 heterocycles. The number of pyridine rings is 1. The molecule has 6 heteroatoms. The van der Waals surface area contributed by atoms with Gasteiger partial charge >= 0.3 is 0 Å². The quantitative estimate of drug-likeness (QED) is 0.815. The van der Waals surface area contributed by atoms with Crippen LogP contribution in [-0.2, 0) is 11.2 Å². The van der Waals surface area contributed by atoms with Crippen LogP contribution >= 0.6 is 0 Å². The predicted molar refractivity (Wildman–Crippen MR) is 105 cm³/mol. The first kappa shape index (κ1) is 19.0. The van der Waals surface area contributed by atoms with Crippen molar-refractivity contribution in [3.05, 3.63) is 65.7 Å². The molecule has 5 nitrogen and oxygen atoms in total. The van der Waals surface area contributed by atoms with Gasteiger partial charge < -0.3 is 14.5 Å². The third-order valence-electron chi connectivity index (χ3n) is 5.81. The molecule has 2 aromatic rings. The normalized spacial score (nSPS) is 19.7. The van der Waals surface area contributed by atoms with Crippen LogP contribution in [0.3, 0.4) is 0 Å². The van der Waals surface area contributed by atoms with E-state index in [2.05, 4.69) is 34.1 Å². The Labute approximate surface area is 165 Å². The number of hydrogen-bond donors (Lipinski definition) is 0. The van der Waals surface area contributed by atoms with E-state index in [-0.39, 0.29) is 11.5 Å². The predicted octanol–water partition coefficient (Wildman–Crippen LogP) is 2.77. The summed E-state index contributed by atoms with van der Waals surface area (Å²) in [6.45, 7) is 4.67. The van der Waals surface area contributed by atoms with E-state index in [1.807, 2.05) is 11.0 Å². The van der Waals surface area contributed by atoms with E-state index in [1.165, 1.54) is 17.7 Å². The average Bonchev–Trinajstić information content (AvgIpc) is 2.74.